The molecular weight excluding hydrogens is 154 g/mol. The summed E-state index contributed by atoms with van der Waals surface area (Å²) in [4.78, 5) is 11.1. The SMILES string of the molecule is CCC[C@H](N)C(=O)NCCCN. The lowest BCUT2D eigenvalue weighted by atomic mass is 10.2. The van der Waals surface area contributed by atoms with Crippen molar-refractivity contribution in [2.45, 2.75) is 32.2 Å². The Morgan fingerprint density at radius 1 is 1.58 bits per heavy atom. The van der Waals surface area contributed by atoms with Gasteiger partial charge in [0.1, 0.15) is 0 Å². The van der Waals surface area contributed by atoms with Crippen molar-refractivity contribution in [2.75, 3.05) is 13.1 Å². The van der Waals surface area contributed by atoms with Crippen molar-refractivity contribution in [3.8, 4) is 0 Å². The quantitative estimate of drug-likeness (QED) is 0.477. The zero-order valence-corrected chi connectivity index (χ0v) is 7.68. The molecule has 1 atom stereocenters. The van der Waals surface area contributed by atoms with E-state index in [1.165, 1.54) is 0 Å². The van der Waals surface area contributed by atoms with E-state index in [2.05, 4.69) is 5.32 Å². The van der Waals surface area contributed by atoms with Crippen LogP contribution in [0.15, 0.2) is 0 Å². The van der Waals surface area contributed by atoms with Crippen molar-refractivity contribution < 1.29 is 4.79 Å². The highest BCUT2D eigenvalue weighted by Gasteiger charge is 2.10. The largest absolute Gasteiger partial charge is 0.355 e. The summed E-state index contributed by atoms with van der Waals surface area (Å²) in [6.45, 7) is 3.24. The molecule has 0 fully saturated rings. The van der Waals surface area contributed by atoms with Crippen LogP contribution < -0.4 is 16.8 Å². The molecule has 5 N–H and O–H groups in total. The Kier molecular flexibility index (Phi) is 6.70. The van der Waals surface area contributed by atoms with Gasteiger partial charge in [-0.05, 0) is 19.4 Å². The summed E-state index contributed by atoms with van der Waals surface area (Å²) in [7, 11) is 0. The first-order chi connectivity index (χ1) is 5.72. The van der Waals surface area contributed by atoms with Crippen LogP contribution in [0.1, 0.15) is 26.2 Å². The number of nitrogens with one attached hydrogen (secondary N) is 1. The molecule has 0 aliphatic carbocycles. The molecule has 0 unspecified atom stereocenters. The van der Waals surface area contributed by atoms with E-state index < -0.39 is 0 Å². The molecule has 0 aromatic heterocycles. The minimum atomic E-state index is -0.354. The zero-order chi connectivity index (χ0) is 9.40. The molecule has 4 nitrogen and oxygen atoms in total. The number of rotatable bonds is 6. The van der Waals surface area contributed by atoms with Crippen LogP contribution in [-0.4, -0.2) is 25.0 Å². The summed E-state index contributed by atoms with van der Waals surface area (Å²) in [5.41, 5.74) is 10.8. The second kappa shape index (κ2) is 7.06. The molecule has 0 rings (SSSR count). The Bertz CT molecular complexity index is 127. The average Bonchev–Trinajstić information content (AvgIpc) is 2.05. The first-order valence-corrected chi connectivity index (χ1v) is 4.45. The van der Waals surface area contributed by atoms with Crippen LogP contribution in [0.2, 0.25) is 0 Å². The summed E-state index contributed by atoms with van der Waals surface area (Å²) in [6, 6.07) is -0.354. The Morgan fingerprint density at radius 3 is 2.75 bits per heavy atom. The number of hydrogen-bond acceptors (Lipinski definition) is 3. The standard InChI is InChI=1S/C8H19N3O/c1-2-4-7(10)8(12)11-6-3-5-9/h7H,2-6,9-10H2,1H3,(H,11,12)/t7-/m0/s1. The summed E-state index contributed by atoms with van der Waals surface area (Å²) >= 11 is 0. The van der Waals surface area contributed by atoms with E-state index in [4.69, 9.17) is 11.5 Å². The lowest BCUT2D eigenvalue weighted by Crippen LogP contribution is -2.41. The first-order valence-electron chi connectivity index (χ1n) is 4.45. The van der Waals surface area contributed by atoms with Crippen LogP contribution in [-0.2, 0) is 4.79 Å². The van der Waals surface area contributed by atoms with Crippen LogP contribution in [0.3, 0.4) is 0 Å². The summed E-state index contributed by atoms with van der Waals surface area (Å²) in [6.07, 6.45) is 2.49. The number of amides is 1. The van der Waals surface area contributed by atoms with E-state index in [1.54, 1.807) is 0 Å². The fraction of sp³-hybridized carbons (Fsp3) is 0.875. The normalized spacial score (nSPS) is 12.6. The zero-order valence-electron chi connectivity index (χ0n) is 7.68. The van der Waals surface area contributed by atoms with Gasteiger partial charge in [-0.15, -0.1) is 0 Å². The highest BCUT2D eigenvalue weighted by Crippen LogP contribution is 1.92. The highest BCUT2D eigenvalue weighted by atomic mass is 16.2. The fourth-order valence-electron chi connectivity index (χ4n) is 0.887. The predicted octanol–water partition coefficient (Wildman–Crippen LogP) is -0.421. The van der Waals surface area contributed by atoms with Crippen LogP contribution >= 0.6 is 0 Å². The Labute approximate surface area is 73.7 Å². The molecule has 0 heterocycles. The average molecular weight is 173 g/mol. The number of carbonyl (C=O) groups is 1. The van der Waals surface area contributed by atoms with Gasteiger partial charge in [-0.25, -0.2) is 0 Å². The molecule has 0 radical (unpaired) electrons. The molecule has 0 saturated heterocycles. The van der Waals surface area contributed by atoms with Gasteiger partial charge in [-0.3, -0.25) is 4.79 Å². The maximum Gasteiger partial charge on any atom is 0.236 e. The maximum atomic E-state index is 11.1. The molecule has 0 aromatic carbocycles. The third-order valence-electron chi connectivity index (χ3n) is 1.62. The lowest BCUT2D eigenvalue weighted by molar-refractivity contribution is -0.122. The van der Waals surface area contributed by atoms with Crippen LogP contribution in [0.5, 0.6) is 0 Å². The Morgan fingerprint density at radius 2 is 2.25 bits per heavy atom. The van der Waals surface area contributed by atoms with Crippen molar-refractivity contribution in [1.29, 1.82) is 0 Å². The van der Waals surface area contributed by atoms with Gasteiger partial charge in [0, 0.05) is 6.54 Å². The highest BCUT2D eigenvalue weighted by molar-refractivity contribution is 5.81. The van der Waals surface area contributed by atoms with Crippen molar-refractivity contribution in [3.63, 3.8) is 0 Å². The van der Waals surface area contributed by atoms with E-state index >= 15 is 0 Å². The van der Waals surface area contributed by atoms with Crippen molar-refractivity contribution in [2.24, 2.45) is 11.5 Å². The van der Waals surface area contributed by atoms with E-state index in [9.17, 15) is 4.79 Å². The van der Waals surface area contributed by atoms with Gasteiger partial charge >= 0.3 is 0 Å². The number of nitrogens with two attached hydrogens (primary N) is 2. The summed E-state index contributed by atoms with van der Waals surface area (Å²) < 4.78 is 0. The van der Waals surface area contributed by atoms with Gasteiger partial charge in [-0.2, -0.15) is 0 Å². The number of hydrogen-bond donors (Lipinski definition) is 3. The third-order valence-corrected chi connectivity index (χ3v) is 1.62. The first kappa shape index (κ1) is 11.4. The minimum absolute atomic E-state index is 0.0645. The molecule has 0 aliphatic heterocycles. The van der Waals surface area contributed by atoms with Gasteiger partial charge < -0.3 is 16.8 Å². The fourth-order valence-corrected chi connectivity index (χ4v) is 0.887. The molecule has 72 valence electrons. The molecule has 0 aromatic rings. The van der Waals surface area contributed by atoms with E-state index in [1.807, 2.05) is 6.92 Å². The van der Waals surface area contributed by atoms with Crippen molar-refractivity contribution in [3.05, 3.63) is 0 Å². The number of carbonyl (C=O) groups excluding carboxylic acids is 1. The summed E-state index contributed by atoms with van der Waals surface area (Å²) in [5.74, 6) is -0.0645. The molecule has 0 bridgehead atoms. The molecule has 4 heteroatoms. The van der Waals surface area contributed by atoms with E-state index in [-0.39, 0.29) is 11.9 Å². The molecule has 0 saturated carbocycles. The Hall–Kier alpha value is -0.610. The second-order valence-electron chi connectivity index (χ2n) is 2.83. The van der Waals surface area contributed by atoms with Crippen LogP contribution in [0.4, 0.5) is 0 Å². The topological polar surface area (TPSA) is 81.1 Å². The summed E-state index contributed by atoms with van der Waals surface area (Å²) in [5, 5.41) is 2.72. The maximum absolute atomic E-state index is 11.1. The Balaban J connectivity index is 3.43. The van der Waals surface area contributed by atoms with Crippen molar-refractivity contribution in [1.82, 2.24) is 5.32 Å². The van der Waals surface area contributed by atoms with Crippen LogP contribution in [0.25, 0.3) is 0 Å². The van der Waals surface area contributed by atoms with Gasteiger partial charge in [0.15, 0.2) is 0 Å². The monoisotopic (exact) mass is 173 g/mol. The van der Waals surface area contributed by atoms with E-state index in [0.717, 1.165) is 19.3 Å². The second-order valence-corrected chi connectivity index (χ2v) is 2.83. The molecule has 0 aliphatic rings. The predicted molar refractivity (Wildman–Crippen MR) is 49.6 cm³/mol. The molecular formula is C8H19N3O. The smallest absolute Gasteiger partial charge is 0.236 e. The third kappa shape index (κ3) is 5.09. The molecule has 12 heavy (non-hydrogen) atoms. The van der Waals surface area contributed by atoms with Gasteiger partial charge in [-0.1, -0.05) is 13.3 Å². The lowest BCUT2D eigenvalue weighted by Gasteiger charge is -2.10. The van der Waals surface area contributed by atoms with Gasteiger partial charge in [0.05, 0.1) is 6.04 Å². The van der Waals surface area contributed by atoms with Crippen LogP contribution in [0, 0.1) is 0 Å². The molecule has 0 spiro atoms. The van der Waals surface area contributed by atoms with Gasteiger partial charge in [0.2, 0.25) is 5.91 Å². The van der Waals surface area contributed by atoms with Gasteiger partial charge in [0.25, 0.3) is 0 Å². The minimum Gasteiger partial charge on any atom is -0.355 e. The molecule has 1 amide bonds. The van der Waals surface area contributed by atoms with Crippen molar-refractivity contribution >= 4 is 5.91 Å². The van der Waals surface area contributed by atoms with E-state index in [0.29, 0.717) is 13.1 Å².